The zero-order valence-corrected chi connectivity index (χ0v) is 25.5. The maximum Gasteiger partial charge on any atom is 0.282 e. The molecule has 1 saturated heterocycles. The number of likely N-dealkylation sites (N-methyl/N-ethyl adjacent to an activating group) is 1. The Balaban J connectivity index is 1.58. The molecule has 0 spiro atoms. The normalized spacial score (nSPS) is 20.3. The summed E-state index contributed by atoms with van der Waals surface area (Å²) in [5.41, 5.74) is 0.331. The number of aromatic nitrogens is 2. The van der Waals surface area contributed by atoms with Gasteiger partial charge in [0.2, 0.25) is 5.91 Å². The Morgan fingerprint density at radius 1 is 1.04 bits per heavy atom. The van der Waals surface area contributed by atoms with Gasteiger partial charge in [0, 0.05) is 31.4 Å². The molecule has 4 aromatic rings. The highest BCUT2D eigenvalue weighted by atomic mass is 19.1. The third kappa shape index (κ3) is 4.23. The molecule has 2 aromatic carbocycles. The molecule has 2 aliphatic heterocycles. The lowest BCUT2D eigenvalue weighted by Gasteiger charge is -2.50. The summed E-state index contributed by atoms with van der Waals surface area (Å²) in [6.07, 6.45) is 2.11. The van der Waals surface area contributed by atoms with E-state index in [1.165, 1.54) is 34.7 Å². The van der Waals surface area contributed by atoms with Crippen molar-refractivity contribution >= 4 is 34.2 Å². The van der Waals surface area contributed by atoms with Crippen LogP contribution in [0.3, 0.4) is 0 Å². The number of hydrogen-bond donors (Lipinski definition) is 1. The number of aromatic hydroxyl groups is 1. The Bertz CT molecular complexity index is 1970. The summed E-state index contributed by atoms with van der Waals surface area (Å²) < 4.78 is 32.6. The van der Waals surface area contributed by atoms with Crippen molar-refractivity contribution in [3.63, 3.8) is 0 Å². The molecule has 2 fully saturated rings. The minimum absolute atomic E-state index is 0.0655. The monoisotopic (exact) mass is 613 g/mol. The number of rotatable bonds is 4. The van der Waals surface area contributed by atoms with Gasteiger partial charge < -0.3 is 19.8 Å². The van der Waals surface area contributed by atoms with Crippen molar-refractivity contribution < 1.29 is 23.5 Å². The number of pyridine rings is 2. The van der Waals surface area contributed by atoms with Crippen LogP contribution in [-0.4, -0.2) is 63.6 Å². The fraction of sp³-hybridized carbons (Fsp3) is 0.353. The highest BCUT2D eigenvalue weighted by Crippen LogP contribution is 2.50. The lowest BCUT2D eigenvalue weighted by Crippen LogP contribution is -2.66. The number of piperazine rings is 1. The molecule has 11 heteroatoms. The first kappa shape index (κ1) is 28.9. The van der Waals surface area contributed by atoms with Crippen LogP contribution in [0, 0.1) is 11.6 Å². The number of halogens is 2. The van der Waals surface area contributed by atoms with Gasteiger partial charge in [-0.3, -0.25) is 19.0 Å². The molecule has 0 radical (unpaired) electrons. The zero-order valence-electron chi connectivity index (χ0n) is 25.5. The number of carbonyl (C=O) groups is 2. The Morgan fingerprint density at radius 3 is 2.47 bits per heavy atom. The molecule has 3 aliphatic rings. The lowest BCUT2D eigenvalue weighted by atomic mass is 9.95. The molecule has 2 atom stereocenters. The number of anilines is 2. The van der Waals surface area contributed by atoms with E-state index in [9.17, 15) is 19.5 Å². The van der Waals surface area contributed by atoms with Gasteiger partial charge in [-0.2, -0.15) is 0 Å². The minimum Gasteiger partial charge on any atom is -0.507 e. The Hall–Kier alpha value is -4.80. The quantitative estimate of drug-likeness (QED) is 0.353. The standard InChI is InChI=1S/C34H33F2N5O4/c1-5-26(43)39-17-24-32(44)38(4)30-29(40(24)16-18(39)2)19-15-22(36)28(27-21(35)10-8-12-25(27)42)37-31(19)41(33(30)45)23-11-7-6-9-20(23)34(3)13-14-34/h6-12,15,18,24,42H,5,13-14,16-17H2,1-4H3/t18-,24-/m1/s1. The summed E-state index contributed by atoms with van der Waals surface area (Å²) in [4.78, 5) is 50.7. The van der Waals surface area contributed by atoms with Crippen molar-refractivity contribution in [2.24, 2.45) is 0 Å². The van der Waals surface area contributed by atoms with Gasteiger partial charge >= 0.3 is 0 Å². The molecule has 4 heterocycles. The lowest BCUT2D eigenvalue weighted by molar-refractivity contribution is -0.135. The van der Waals surface area contributed by atoms with Crippen LogP contribution in [0.2, 0.25) is 0 Å². The first-order chi connectivity index (χ1) is 21.5. The van der Waals surface area contributed by atoms with Gasteiger partial charge in [0.25, 0.3) is 11.5 Å². The van der Waals surface area contributed by atoms with Gasteiger partial charge in [-0.15, -0.1) is 0 Å². The molecule has 1 aliphatic carbocycles. The maximum absolute atomic E-state index is 16.2. The van der Waals surface area contributed by atoms with E-state index in [1.807, 2.05) is 19.1 Å². The van der Waals surface area contributed by atoms with Crippen molar-refractivity contribution in [2.75, 3.05) is 29.9 Å². The number of carbonyl (C=O) groups excluding carboxylic acids is 2. The molecule has 0 unspecified atom stereocenters. The second kappa shape index (κ2) is 10.1. The fourth-order valence-corrected chi connectivity index (χ4v) is 6.95. The molecule has 9 nitrogen and oxygen atoms in total. The predicted octanol–water partition coefficient (Wildman–Crippen LogP) is 4.88. The number of para-hydroxylation sites is 1. The van der Waals surface area contributed by atoms with E-state index < -0.39 is 40.2 Å². The highest BCUT2D eigenvalue weighted by molar-refractivity contribution is 6.12. The van der Waals surface area contributed by atoms with Gasteiger partial charge in [-0.1, -0.05) is 38.1 Å². The SMILES string of the molecule is CCC(=O)N1C[C@@H]2C(=O)N(C)c3c(c4cc(F)c(-c5c(O)cccc5F)nc4n(-c4ccccc4C4(C)CC4)c3=O)N2C[C@H]1C. The first-order valence-electron chi connectivity index (χ1n) is 15.2. The number of phenols is 1. The van der Waals surface area contributed by atoms with Crippen molar-refractivity contribution in [2.45, 2.75) is 57.5 Å². The van der Waals surface area contributed by atoms with Crippen LogP contribution in [0.4, 0.5) is 20.2 Å². The van der Waals surface area contributed by atoms with Crippen LogP contribution in [0.25, 0.3) is 28.0 Å². The minimum atomic E-state index is -0.901. The van der Waals surface area contributed by atoms with E-state index in [4.69, 9.17) is 0 Å². The summed E-state index contributed by atoms with van der Waals surface area (Å²) >= 11 is 0. The van der Waals surface area contributed by atoms with E-state index >= 15 is 8.78 Å². The zero-order chi connectivity index (χ0) is 31.9. The number of amides is 2. The van der Waals surface area contributed by atoms with Crippen molar-refractivity contribution in [3.8, 4) is 22.7 Å². The molecule has 7 rings (SSSR count). The summed E-state index contributed by atoms with van der Waals surface area (Å²) in [6.45, 7) is 6.08. The van der Waals surface area contributed by atoms with Crippen molar-refractivity contribution in [1.29, 1.82) is 0 Å². The van der Waals surface area contributed by atoms with E-state index in [0.29, 0.717) is 11.4 Å². The van der Waals surface area contributed by atoms with Gasteiger partial charge in [-0.05, 0) is 55.0 Å². The molecular weight excluding hydrogens is 580 g/mol. The second-order valence-corrected chi connectivity index (χ2v) is 12.6. The molecular formula is C34H33F2N5O4. The molecule has 2 aromatic heterocycles. The Kier molecular flexibility index (Phi) is 6.51. The number of phenolic OH excluding ortho intramolecular Hbond substituents is 1. The average molecular weight is 614 g/mol. The molecule has 1 N–H and O–H groups in total. The van der Waals surface area contributed by atoms with Crippen LogP contribution < -0.4 is 15.4 Å². The van der Waals surface area contributed by atoms with Gasteiger partial charge in [0.15, 0.2) is 11.5 Å². The highest BCUT2D eigenvalue weighted by Gasteiger charge is 2.47. The number of benzene rings is 2. The fourth-order valence-electron chi connectivity index (χ4n) is 6.95. The number of fused-ring (bicyclic) bond motifs is 5. The predicted molar refractivity (Wildman–Crippen MR) is 167 cm³/mol. The van der Waals surface area contributed by atoms with E-state index in [1.54, 1.807) is 28.9 Å². The second-order valence-electron chi connectivity index (χ2n) is 12.6. The maximum atomic E-state index is 16.2. The summed E-state index contributed by atoms with van der Waals surface area (Å²) in [5, 5.41) is 10.8. The van der Waals surface area contributed by atoms with E-state index in [-0.39, 0.29) is 59.5 Å². The van der Waals surface area contributed by atoms with Crippen LogP contribution in [0.5, 0.6) is 5.75 Å². The number of hydrogen-bond acceptors (Lipinski definition) is 6. The first-order valence-corrected chi connectivity index (χ1v) is 15.2. The summed E-state index contributed by atoms with van der Waals surface area (Å²) in [5.74, 6) is -2.70. The average Bonchev–Trinajstić information content (AvgIpc) is 3.77. The van der Waals surface area contributed by atoms with Crippen LogP contribution >= 0.6 is 0 Å². The topological polar surface area (TPSA) is 99.0 Å². The summed E-state index contributed by atoms with van der Waals surface area (Å²) in [7, 11) is 1.52. The van der Waals surface area contributed by atoms with E-state index in [2.05, 4.69) is 11.9 Å². The van der Waals surface area contributed by atoms with E-state index in [0.717, 1.165) is 24.5 Å². The molecule has 45 heavy (non-hydrogen) atoms. The third-order valence-electron chi connectivity index (χ3n) is 9.68. The molecule has 1 saturated carbocycles. The van der Waals surface area contributed by atoms with Gasteiger partial charge in [-0.25, -0.2) is 13.8 Å². The molecule has 0 bridgehead atoms. The molecule has 2 amide bonds. The smallest absolute Gasteiger partial charge is 0.282 e. The van der Waals surface area contributed by atoms with Gasteiger partial charge in [0.1, 0.15) is 29.0 Å². The van der Waals surface area contributed by atoms with Gasteiger partial charge in [0.05, 0.1) is 23.5 Å². The molecule has 232 valence electrons. The Labute approximate surface area is 258 Å². The third-order valence-corrected chi connectivity index (χ3v) is 9.68. The summed E-state index contributed by atoms with van der Waals surface area (Å²) in [6, 6.07) is 11.2. The van der Waals surface area contributed by atoms with Crippen molar-refractivity contribution in [3.05, 3.63) is 76.1 Å². The number of nitrogens with zero attached hydrogens (tertiary/aromatic N) is 5. The van der Waals surface area contributed by atoms with Crippen molar-refractivity contribution in [1.82, 2.24) is 14.5 Å². The van der Waals surface area contributed by atoms with Crippen LogP contribution in [0.15, 0.2) is 53.3 Å². The van der Waals surface area contributed by atoms with Crippen LogP contribution in [0.1, 0.15) is 45.6 Å². The largest absolute Gasteiger partial charge is 0.507 e. The Morgan fingerprint density at radius 2 is 1.78 bits per heavy atom. The van der Waals surface area contributed by atoms with Crippen LogP contribution in [-0.2, 0) is 15.0 Å².